The monoisotopic (exact) mass is 402 g/mol. The average molecular weight is 402 g/mol. The average Bonchev–Trinajstić information content (AvgIpc) is 3.22. The van der Waals surface area contributed by atoms with Gasteiger partial charge in [0.1, 0.15) is 5.75 Å². The second-order valence-corrected chi connectivity index (χ2v) is 7.25. The van der Waals surface area contributed by atoms with Gasteiger partial charge in [-0.1, -0.05) is 0 Å². The molecule has 8 heteroatoms. The quantitative estimate of drug-likeness (QED) is 0.545. The highest BCUT2D eigenvalue weighted by Crippen LogP contribution is 2.31. The summed E-state index contributed by atoms with van der Waals surface area (Å²) >= 11 is 0. The van der Waals surface area contributed by atoms with E-state index in [1.54, 1.807) is 19.5 Å². The first-order chi connectivity index (χ1) is 14.7. The van der Waals surface area contributed by atoms with Gasteiger partial charge >= 0.3 is 0 Å². The van der Waals surface area contributed by atoms with Crippen LogP contribution in [0.25, 0.3) is 22.2 Å². The fraction of sp³-hybridized carbons (Fsp3) is 0.227. The Balaban J connectivity index is 1.37. The van der Waals surface area contributed by atoms with Gasteiger partial charge in [-0.2, -0.15) is 4.98 Å². The predicted molar refractivity (Wildman–Crippen MR) is 117 cm³/mol. The molecule has 0 unspecified atom stereocenters. The molecule has 0 spiro atoms. The maximum Gasteiger partial charge on any atom is 0.275 e. The Bertz CT molecular complexity index is 1230. The molecule has 3 aromatic heterocycles. The van der Waals surface area contributed by atoms with Crippen molar-refractivity contribution in [3.8, 4) is 17.0 Å². The zero-order valence-electron chi connectivity index (χ0n) is 16.6. The van der Waals surface area contributed by atoms with Crippen molar-refractivity contribution in [3.63, 3.8) is 0 Å². The molecule has 1 aliphatic rings. The van der Waals surface area contributed by atoms with Crippen LogP contribution in [-0.2, 0) is 0 Å². The fourth-order valence-corrected chi connectivity index (χ4v) is 3.91. The standard InChI is InChI=1S/C22H22N6O2/c1-30-16-2-3-18-17(12-16)20(14-24-18)27-8-10-28(11-9-27)22-25-19(13-21(29)26-22)15-4-6-23-7-5-15/h2-7,12-14,24H,8-11H2,1H3,(H,25,26,29). The molecule has 30 heavy (non-hydrogen) atoms. The Morgan fingerprint density at radius 1 is 1.00 bits per heavy atom. The molecule has 0 saturated carbocycles. The molecule has 8 nitrogen and oxygen atoms in total. The molecule has 0 radical (unpaired) electrons. The highest BCUT2D eigenvalue weighted by Gasteiger charge is 2.21. The van der Waals surface area contributed by atoms with Gasteiger partial charge in [-0.05, 0) is 30.3 Å². The number of pyridine rings is 1. The third-order valence-electron chi connectivity index (χ3n) is 5.51. The molecule has 4 aromatic rings. The third-order valence-corrected chi connectivity index (χ3v) is 5.51. The Morgan fingerprint density at radius 3 is 2.53 bits per heavy atom. The minimum Gasteiger partial charge on any atom is -0.497 e. The van der Waals surface area contributed by atoms with Crippen LogP contribution in [-0.4, -0.2) is 53.2 Å². The molecule has 1 fully saturated rings. The van der Waals surface area contributed by atoms with E-state index in [0.717, 1.165) is 59.8 Å². The van der Waals surface area contributed by atoms with E-state index in [1.165, 1.54) is 6.07 Å². The van der Waals surface area contributed by atoms with Crippen LogP contribution in [0.3, 0.4) is 0 Å². The SMILES string of the molecule is COc1ccc2[nH]cc(N3CCN(c4nc(=O)cc(-c5ccncc5)[nH]4)CC3)c2c1. The van der Waals surface area contributed by atoms with Crippen molar-refractivity contribution in [3.05, 3.63) is 65.3 Å². The van der Waals surface area contributed by atoms with Crippen molar-refractivity contribution in [2.75, 3.05) is 43.1 Å². The molecule has 152 valence electrons. The van der Waals surface area contributed by atoms with E-state index < -0.39 is 0 Å². The van der Waals surface area contributed by atoms with E-state index in [2.05, 4.69) is 35.8 Å². The summed E-state index contributed by atoms with van der Waals surface area (Å²) in [4.78, 5) is 31.5. The summed E-state index contributed by atoms with van der Waals surface area (Å²) in [7, 11) is 1.68. The minimum atomic E-state index is -0.248. The van der Waals surface area contributed by atoms with E-state index in [4.69, 9.17) is 4.74 Å². The van der Waals surface area contributed by atoms with Crippen molar-refractivity contribution in [1.82, 2.24) is 19.9 Å². The number of aromatic amines is 2. The number of aromatic nitrogens is 4. The summed E-state index contributed by atoms with van der Waals surface area (Å²) in [5, 5.41) is 1.15. The molecule has 1 aromatic carbocycles. The van der Waals surface area contributed by atoms with Gasteiger partial charge in [-0.3, -0.25) is 9.78 Å². The zero-order chi connectivity index (χ0) is 20.5. The van der Waals surface area contributed by atoms with E-state index in [0.29, 0.717) is 5.95 Å². The highest BCUT2D eigenvalue weighted by molar-refractivity contribution is 5.94. The van der Waals surface area contributed by atoms with Crippen LogP contribution in [0.5, 0.6) is 5.75 Å². The van der Waals surface area contributed by atoms with Crippen LogP contribution in [0.2, 0.25) is 0 Å². The molecule has 1 saturated heterocycles. The molecule has 0 aliphatic carbocycles. The maximum absolute atomic E-state index is 12.2. The first-order valence-corrected chi connectivity index (χ1v) is 9.88. The van der Waals surface area contributed by atoms with Crippen molar-refractivity contribution in [1.29, 1.82) is 0 Å². The molecule has 4 heterocycles. The van der Waals surface area contributed by atoms with Gasteiger partial charge in [0.25, 0.3) is 5.56 Å². The lowest BCUT2D eigenvalue weighted by molar-refractivity contribution is 0.415. The zero-order valence-corrected chi connectivity index (χ0v) is 16.6. The van der Waals surface area contributed by atoms with Crippen molar-refractivity contribution in [2.24, 2.45) is 0 Å². The number of fused-ring (bicyclic) bond motifs is 1. The number of hydrogen-bond donors (Lipinski definition) is 2. The molecular formula is C22H22N6O2. The van der Waals surface area contributed by atoms with E-state index >= 15 is 0 Å². The summed E-state index contributed by atoms with van der Waals surface area (Å²) in [6.07, 6.45) is 5.47. The first-order valence-electron chi connectivity index (χ1n) is 9.88. The number of ether oxygens (including phenoxy) is 1. The summed E-state index contributed by atoms with van der Waals surface area (Å²) in [6.45, 7) is 3.18. The fourth-order valence-electron chi connectivity index (χ4n) is 3.91. The van der Waals surface area contributed by atoms with Gasteiger partial charge in [0.15, 0.2) is 0 Å². The Hall–Kier alpha value is -3.81. The summed E-state index contributed by atoms with van der Waals surface area (Å²) in [5.41, 5.74) is 3.66. The number of methoxy groups -OCH3 is 1. The molecule has 0 amide bonds. The molecule has 0 bridgehead atoms. The van der Waals surface area contributed by atoms with E-state index in [9.17, 15) is 4.79 Å². The van der Waals surface area contributed by atoms with Crippen LogP contribution >= 0.6 is 0 Å². The van der Waals surface area contributed by atoms with Crippen LogP contribution in [0.15, 0.2) is 59.8 Å². The Morgan fingerprint density at radius 2 is 1.77 bits per heavy atom. The topological polar surface area (TPSA) is 90.1 Å². The van der Waals surface area contributed by atoms with E-state index in [1.807, 2.05) is 30.5 Å². The maximum atomic E-state index is 12.2. The van der Waals surface area contributed by atoms with Gasteiger partial charge < -0.3 is 24.5 Å². The largest absolute Gasteiger partial charge is 0.497 e. The molecular weight excluding hydrogens is 380 g/mol. The number of anilines is 2. The highest BCUT2D eigenvalue weighted by atomic mass is 16.5. The number of piperazine rings is 1. The van der Waals surface area contributed by atoms with Gasteiger partial charge in [-0.25, -0.2) is 0 Å². The van der Waals surface area contributed by atoms with Crippen molar-refractivity contribution < 1.29 is 4.74 Å². The van der Waals surface area contributed by atoms with Crippen LogP contribution in [0.1, 0.15) is 0 Å². The Kier molecular flexibility index (Phi) is 4.59. The lowest BCUT2D eigenvalue weighted by Crippen LogP contribution is -2.47. The van der Waals surface area contributed by atoms with Gasteiger partial charge in [-0.15, -0.1) is 0 Å². The van der Waals surface area contributed by atoms with Crippen LogP contribution in [0, 0.1) is 0 Å². The minimum absolute atomic E-state index is 0.248. The third kappa shape index (κ3) is 3.36. The first kappa shape index (κ1) is 18.2. The van der Waals surface area contributed by atoms with Gasteiger partial charge in [0.05, 0.1) is 18.5 Å². The van der Waals surface area contributed by atoms with Crippen LogP contribution in [0.4, 0.5) is 11.6 Å². The van der Waals surface area contributed by atoms with Crippen LogP contribution < -0.4 is 20.1 Å². The number of nitrogens with zero attached hydrogens (tertiary/aromatic N) is 4. The van der Waals surface area contributed by atoms with Gasteiger partial charge in [0, 0.05) is 67.3 Å². The lowest BCUT2D eigenvalue weighted by Gasteiger charge is -2.36. The molecule has 5 rings (SSSR count). The summed E-state index contributed by atoms with van der Waals surface area (Å²) < 4.78 is 5.38. The lowest BCUT2D eigenvalue weighted by atomic mass is 10.2. The Labute approximate surface area is 173 Å². The molecule has 0 atom stereocenters. The number of H-pyrrole nitrogens is 2. The van der Waals surface area contributed by atoms with Crippen molar-refractivity contribution >= 4 is 22.5 Å². The smallest absolute Gasteiger partial charge is 0.275 e. The second-order valence-electron chi connectivity index (χ2n) is 7.25. The molecule has 1 aliphatic heterocycles. The van der Waals surface area contributed by atoms with Crippen molar-refractivity contribution in [2.45, 2.75) is 0 Å². The van der Waals surface area contributed by atoms with Gasteiger partial charge in [0.2, 0.25) is 5.95 Å². The summed E-state index contributed by atoms with van der Waals surface area (Å²) in [5.74, 6) is 1.45. The van der Waals surface area contributed by atoms with E-state index in [-0.39, 0.29) is 5.56 Å². The molecule has 2 N–H and O–H groups in total. The number of nitrogens with one attached hydrogen (secondary N) is 2. The normalized spacial score (nSPS) is 14.3. The number of rotatable bonds is 4. The summed E-state index contributed by atoms with van der Waals surface area (Å²) in [6, 6.07) is 11.3. The predicted octanol–water partition coefficient (Wildman–Crippen LogP) is 2.65. The number of benzene rings is 1. The number of hydrogen-bond acceptors (Lipinski definition) is 6. The second kappa shape index (κ2) is 7.55.